The SMILES string of the molecule is Clc1ncc(Cl)c(N(Cc2ccsc2)C2CC2)n1. The zero-order valence-electron chi connectivity index (χ0n) is 9.51. The second-order valence-electron chi connectivity index (χ2n) is 4.30. The first-order chi connectivity index (χ1) is 8.74. The van der Waals surface area contributed by atoms with E-state index < -0.39 is 0 Å². The number of nitrogens with zero attached hydrogens (tertiary/aromatic N) is 3. The van der Waals surface area contributed by atoms with Gasteiger partial charge in [0.15, 0.2) is 5.82 Å². The van der Waals surface area contributed by atoms with E-state index in [0.717, 1.165) is 12.4 Å². The molecule has 0 bridgehead atoms. The summed E-state index contributed by atoms with van der Waals surface area (Å²) in [6, 6.07) is 2.64. The van der Waals surface area contributed by atoms with Crippen LogP contribution in [0.4, 0.5) is 5.82 Å². The summed E-state index contributed by atoms with van der Waals surface area (Å²) in [5, 5.41) is 5.02. The van der Waals surface area contributed by atoms with Crippen LogP contribution in [0.3, 0.4) is 0 Å². The first-order valence-electron chi connectivity index (χ1n) is 5.70. The third-order valence-electron chi connectivity index (χ3n) is 2.89. The van der Waals surface area contributed by atoms with Crippen LogP contribution in [0.1, 0.15) is 18.4 Å². The minimum Gasteiger partial charge on any atom is -0.348 e. The predicted molar refractivity (Wildman–Crippen MR) is 75.6 cm³/mol. The topological polar surface area (TPSA) is 29.0 Å². The highest BCUT2D eigenvalue weighted by atomic mass is 35.5. The molecule has 6 heteroatoms. The van der Waals surface area contributed by atoms with Crippen molar-refractivity contribution in [2.24, 2.45) is 0 Å². The van der Waals surface area contributed by atoms with Crippen molar-refractivity contribution in [1.29, 1.82) is 0 Å². The Labute approximate surface area is 119 Å². The maximum atomic E-state index is 6.18. The lowest BCUT2D eigenvalue weighted by molar-refractivity contribution is 0.777. The van der Waals surface area contributed by atoms with Gasteiger partial charge in [-0.3, -0.25) is 0 Å². The van der Waals surface area contributed by atoms with Crippen molar-refractivity contribution in [3.8, 4) is 0 Å². The van der Waals surface area contributed by atoms with E-state index in [2.05, 4.69) is 31.7 Å². The van der Waals surface area contributed by atoms with Crippen LogP contribution in [0.5, 0.6) is 0 Å². The molecule has 3 rings (SSSR count). The molecule has 1 saturated carbocycles. The zero-order chi connectivity index (χ0) is 12.5. The van der Waals surface area contributed by atoms with E-state index in [1.165, 1.54) is 18.4 Å². The van der Waals surface area contributed by atoms with Crippen molar-refractivity contribution in [2.45, 2.75) is 25.4 Å². The van der Waals surface area contributed by atoms with E-state index in [1.807, 2.05) is 0 Å². The molecule has 94 valence electrons. The molecular formula is C12H11Cl2N3S. The van der Waals surface area contributed by atoms with Gasteiger partial charge in [0.25, 0.3) is 0 Å². The Balaban J connectivity index is 1.91. The molecule has 2 aromatic rings. The number of aromatic nitrogens is 2. The minimum absolute atomic E-state index is 0.241. The highest BCUT2D eigenvalue weighted by molar-refractivity contribution is 7.07. The van der Waals surface area contributed by atoms with Crippen molar-refractivity contribution in [2.75, 3.05) is 4.90 Å². The van der Waals surface area contributed by atoms with Crippen molar-refractivity contribution < 1.29 is 0 Å². The number of anilines is 1. The molecule has 0 saturated heterocycles. The first kappa shape index (κ1) is 12.2. The fourth-order valence-corrected chi connectivity index (χ4v) is 2.87. The molecule has 0 aromatic carbocycles. The summed E-state index contributed by atoms with van der Waals surface area (Å²) in [4.78, 5) is 10.4. The van der Waals surface area contributed by atoms with Gasteiger partial charge in [0.1, 0.15) is 5.02 Å². The summed E-state index contributed by atoms with van der Waals surface area (Å²) in [6.07, 6.45) is 3.93. The molecule has 0 N–H and O–H groups in total. The van der Waals surface area contributed by atoms with Crippen LogP contribution in [0.2, 0.25) is 10.3 Å². The molecule has 0 unspecified atom stereocenters. The molecule has 0 atom stereocenters. The fourth-order valence-electron chi connectivity index (χ4n) is 1.88. The second kappa shape index (κ2) is 5.03. The molecule has 2 heterocycles. The molecule has 0 aliphatic heterocycles. The van der Waals surface area contributed by atoms with E-state index in [-0.39, 0.29) is 5.28 Å². The molecule has 2 aromatic heterocycles. The lowest BCUT2D eigenvalue weighted by Gasteiger charge is -2.23. The Kier molecular flexibility index (Phi) is 3.41. The van der Waals surface area contributed by atoms with Gasteiger partial charge in [-0.25, -0.2) is 4.98 Å². The Morgan fingerprint density at radius 1 is 1.39 bits per heavy atom. The standard InChI is InChI=1S/C12H11Cl2N3S/c13-10-5-15-12(14)16-11(10)17(9-1-2-9)6-8-3-4-18-7-8/h3-5,7,9H,1-2,6H2. The number of halogens is 2. The molecule has 1 fully saturated rings. The molecule has 18 heavy (non-hydrogen) atoms. The summed E-state index contributed by atoms with van der Waals surface area (Å²) in [6.45, 7) is 0.821. The molecule has 1 aliphatic rings. The van der Waals surface area contributed by atoms with Gasteiger partial charge in [-0.05, 0) is 46.8 Å². The quantitative estimate of drug-likeness (QED) is 0.799. The van der Waals surface area contributed by atoms with Crippen LogP contribution in [-0.2, 0) is 6.54 Å². The Hall–Kier alpha value is -0.840. The summed E-state index contributed by atoms with van der Waals surface area (Å²) in [7, 11) is 0. The van der Waals surface area contributed by atoms with E-state index in [9.17, 15) is 0 Å². The third-order valence-corrected chi connectivity index (χ3v) is 4.07. The minimum atomic E-state index is 0.241. The van der Waals surface area contributed by atoms with Crippen LogP contribution >= 0.6 is 34.5 Å². The van der Waals surface area contributed by atoms with Crippen LogP contribution in [0, 0.1) is 0 Å². The van der Waals surface area contributed by atoms with Gasteiger partial charge in [-0.2, -0.15) is 16.3 Å². The summed E-state index contributed by atoms with van der Waals surface area (Å²) >= 11 is 13.7. The number of hydrogen-bond acceptors (Lipinski definition) is 4. The Bertz CT molecular complexity index is 540. The highest BCUT2D eigenvalue weighted by Crippen LogP contribution is 2.35. The Morgan fingerprint density at radius 2 is 2.22 bits per heavy atom. The smallest absolute Gasteiger partial charge is 0.224 e. The normalized spacial score (nSPS) is 14.8. The second-order valence-corrected chi connectivity index (χ2v) is 5.83. The monoisotopic (exact) mass is 299 g/mol. The zero-order valence-corrected chi connectivity index (χ0v) is 11.8. The van der Waals surface area contributed by atoms with Crippen LogP contribution in [0.25, 0.3) is 0 Å². The fraction of sp³-hybridized carbons (Fsp3) is 0.333. The van der Waals surface area contributed by atoms with E-state index in [0.29, 0.717) is 11.1 Å². The molecule has 0 spiro atoms. The van der Waals surface area contributed by atoms with Gasteiger partial charge in [0, 0.05) is 12.6 Å². The van der Waals surface area contributed by atoms with Gasteiger partial charge >= 0.3 is 0 Å². The van der Waals surface area contributed by atoms with Gasteiger partial charge in [-0.1, -0.05) is 11.6 Å². The lowest BCUT2D eigenvalue weighted by atomic mass is 10.3. The predicted octanol–water partition coefficient (Wildman–Crippen LogP) is 4.01. The van der Waals surface area contributed by atoms with Gasteiger partial charge in [0.05, 0.1) is 6.20 Å². The van der Waals surface area contributed by atoms with Crippen molar-refractivity contribution in [1.82, 2.24) is 9.97 Å². The van der Waals surface area contributed by atoms with E-state index >= 15 is 0 Å². The first-order valence-corrected chi connectivity index (χ1v) is 7.39. The maximum absolute atomic E-state index is 6.18. The summed E-state index contributed by atoms with van der Waals surface area (Å²) in [5.41, 5.74) is 1.28. The number of thiophene rings is 1. The van der Waals surface area contributed by atoms with Crippen LogP contribution < -0.4 is 4.90 Å². The maximum Gasteiger partial charge on any atom is 0.224 e. The highest BCUT2D eigenvalue weighted by Gasteiger charge is 2.31. The van der Waals surface area contributed by atoms with E-state index in [1.54, 1.807) is 17.5 Å². The number of rotatable bonds is 4. The molecular weight excluding hydrogens is 289 g/mol. The van der Waals surface area contributed by atoms with E-state index in [4.69, 9.17) is 23.2 Å². The van der Waals surface area contributed by atoms with Gasteiger partial charge in [-0.15, -0.1) is 0 Å². The van der Waals surface area contributed by atoms with Gasteiger partial charge < -0.3 is 4.90 Å². The molecule has 3 nitrogen and oxygen atoms in total. The molecule has 0 radical (unpaired) electrons. The largest absolute Gasteiger partial charge is 0.348 e. The summed E-state index contributed by atoms with van der Waals surface area (Å²) < 4.78 is 0. The van der Waals surface area contributed by atoms with Crippen molar-refractivity contribution >= 4 is 40.4 Å². The van der Waals surface area contributed by atoms with Crippen molar-refractivity contribution in [3.05, 3.63) is 38.9 Å². The lowest BCUT2D eigenvalue weighted by Crippen LogP contribution is -2.26. The Morgan fingerprint density at radius 3 is 2.89 bits per heavy atom. The number of hydrogen-bond donors (Lipinski definition) is 0. The average Bonchev–Trinajstić information content (AvgIpc) is 3.07. The van der Waals surface area contributed by atoms with Crippen LogP contribution in [0.15, 0.2) is 23.0 Å². The average molecular weight is 300 g/mol. The summed E-state index contributed by atoms with van der Waals surface area (Å²) in [5.74, 6) is 0.741. The van der Waals surface area contributed by atoms with Gasteiger partial charge in [0.2, 0.25) is 5.28 Å². The molecule has 0 amide bonds. The van der Waals surface area contributed by atoms with Crippen molar-refractivity contribution in [3.63, 3.8) is 0 Å². The molecule has 1 aliphatic carbocycles. The third kappa shape index (κ3) is 2.60. The van der Waals surface area contributed by atoms with Crippen LogP contribution in [-0.4, -0.2) is 16.0 Å².